The van der Waals surface area contributed by atoms with Crippen molar-refractivity contribution in [3.05, 3.63) is 47.8 Å². The molecule has 2 rings (SSSR count). The van der Waals surface area contributed by atoms with Crippen LogP contribution >= 0.6 is 11.6 Å². The van der Waals surface area contributed by atoms with Gasteiger partial charge in [0.15, 0.2) is 0 Å². The van der Waals surface area contributed by atoms with Gasteiger partial charge in [0.2, 0.25) is 5.91 Å². The third kappa shape index (κ3) is 31.0. The second-order valence-corrected chi connectivity index (χ2v) is 17.7. The molecular weight excluding hydrogens is 1070 g/mol. The van der Waals surface area contributed by atoms with E-state index in [2.05, 4.69) is 20.0 Å². The molecule has 0 spiro atoms. The number of carboxylic acid groups (broad SMARTS) is 1. The number of amides is 3. The second kappa shape index (κ2) is 33.5. The van der Waals surface area contributed by atoms with Crippen molar-refractivity contribution in [3.63, 3.8) is 0 Å². The number of hydrogen-bond donors (Lipinski definition) is 3. The first kappa shape index (κ1) is 62.2. The number of carbonyl (C=O) groups excluding carboxylic acids is 5. The third-order valence-electron chi connectivity index (χ3n) is 7.80. The average Bonchev–Trinajstić information content (AvgIpc) is 3.16. The van der Waals surface area contributed by atoms with E-state index in [9.17, 15) is 28.8 Å². The smallest absolute Gasteiger partial charge is 0.416 e. The van der Waals surface area contributed by atoms with Crippen LogP contribution in [-0.4, -0.2) is 112 Å². The van der Waals surface area contributed by atoms with E-state index in [1.165, 1.54) is 24.0 Å². The minimum absolute atomic E-state index is 0. The molecule has 5 N–H and O–H groups in total. The van der Waals surface area contributed by atoms with Gasteiger partial charge in [-0.1, -0.05) is 27.7 Å². The number of alkyl halides is 1. The average molecular weight is 1150 g/mol. The molecule has 17 nitrogen and oxygen atoms in total. The summed E-state index contributed by atoms with van der Waals surface area (Å²) in [5.74, 6) is -0.368. The van der Waals surface area contributed by atoms with Gasteiger partial charge in [-0.2, -0.15) is 0 Å². The van der Waals surface area contributed by atoms with Gasteiger partial charge >= 0.3 is 30.1 Å². The molecule has 0 unspecified atom stereocenters. The predicted molar refractivity (Wildman–Crippen MR) is 249 cm³/mol. The number of esters is 2. The van der Waals surface area contributed by atoms with Crippen LogP contribution in [0.3, 0.4) is 0 Å². The zero-order valence-corrected chi connectivity index (χ0v) is 45.3. The molecule has 0 fully saturated rings. The second-order valence-electron chi connectivity index (χ2n) is 17.1. The number of carbonyl (C=O) groups is 6. The van der Waals surface area contributed by atoms with E-state index < -0.39 is 46.7 Å². The standard InChI is InChI=1S/C22H35N3O5.C15H22N2O4.C7H13ClO2.BH2.H3N.U/c1-15(2)13-17(20(27)29-7)24-19(26)9-8-12-25(21(28)30-22(4,5)6)18-14-16(3)10-11-23-18;1-11-7-8-16-12(10-11)17(9-5-6-13(18)19)14(20)21-15(2,3)4;1-5(2)4-6(8)7(9)10-3;;;/h10-11,14-15,17H,8-9,12-13H2,1-7H3,(H,24,26);7-8,10H,5-6,9H2,1-4H3,(H,18,19);5-6H,4H2,1-3H3;1H2;1H3;/t17-;;6-;;;/m0.0.../s1/i;;;1T2;;. The van der Waals surface area contributed by atoms with Crippen molar-refractivity contribution < 1.29 is 83.9 Å². The molecule has 3 amide bonds. The summed E-state index contributed by atoms with van der Waals surface area (Å²) in [6.07, 6.45) is 4.23. The maximum atomic E-state index is 12.7. The SMILES string of the molecule is COC(=O)[C@@H](Cl)CC(C)C.COC(=O)[C@H](CC(C)C)NC(=O)CCCN(C(=O)OC(C)(C)C)c1cc(C)ccn1.Cc1ccnc(N(CCCC(=O)O)C(=O)OC(C)(C)C)c1.N.[3H][B][3H].[U]. The molecule has 0 saturated heterocycles. The maximum Gasteiger partial charge on any atom is 0.416 e. The summed E-state index contributed by atoms with van der Waals surface area (Å²) in [5.41, 5.74) is 0.653. The number of anilines is 2. The summed E-state index contributed by atoms with van der Waals surface area (Å²) in [6.45, 7) is 23.0. The summed E-state index contributed by atoms with van der Waals surface area (Å²) in [7, 11) is 3.15. The topological polar surface area (TPSA) is 239 Å². The molecule has 0 aromatic carbocycles. The number of carboxylic acids is 1. The van der Waals surface area contributed by atoms with Gasteiger partial charge in [-0.3, -0.25) is 24.2 Å². The van der Waals surface area contributed by atoms with E-state index in [1.54, 1.807) is 66.1 Å². The van der Waals surface area contributed by atoms with Crippen LogP contribution < -0.4 is 21.3 Å². The number of methoxy groups -OCH3 is 2. The Morgan fingerprint density at radius 3 is 1.48 bits per heavy atom. The van der Waals surface area contributed by atoms with Crippen LogP contribution in [0.15, 0.2) is 36.7 Å². The van der Waals surface area contributed by atoms with Crippen molar-refractivity contribution >= 4 is 67.6 Å². The Bertz CT molecular complexity index is 1740. The monoisotopic (exact) mass is 1150 g/mol. The first-order valence-electron chi connectivity index (χ1n) is 21.5. The Balaban J connectivity index is -0.000000463. The Morgan fingerprint density at radius 1 is 0.766 bits per heavy atom. The summed E-state index contributed by atoms with van der Waals surface area (Å²) in [6, 6.07) is 6.55. The molecule has 64 heavy (non-hydrogen) atoms. The van der Waals surface area contributed by atoms with Crippen molar-refractivity contribution in [2.45, 2.75) is 144 Å². The van der Waals surface area contributed by atoms with Crippen LogP contribution in [0.1, 0.15) is 119 Å². The molecule has 0 aliphatic rings. The molecule has 361 valence electrons. The first-order valence-corrected chi connectivity index (χ1v) is 20.8. The number of ether oxygens (including phenoxy) is 4. The Kier molecular flexibility index (Phi) is 32.6. The van der Waals surface area contributed by atoms with E-state index in [1.807, 2.05) is 53.7 Å². The van der Waals surface area contributed by atoms with Gasteiger partial charge in [0.05, 0.1) is 22.6 Å². The fourth-order valence-corrected chi connectivity index (χ4v) is 5.53. The van der Waals surface area contributed by atoms with Gasteiger partial charge in [0, 0.05) is 69.4 Å². The summed E-state index contributed by atoms with van der Waals surface area (Å²) in [5, 5.41) is 11.0. The van der Waals surface area contributed by atoms with E-state index in [0.29, 0.717) is 51.6 Å². The zero-order valence-electron chi connectivity index (χ0n) is 42.4. The predicted octanol–water partition coefficient (Wildman–Crippen LogP) is 7.67. The van der Waals surface area contributed by atoms with Crippen molar-refractivity contribution in [2.75, 3.05) is 37.1 Å². The summed E-state index contributed by atoms with van der Waals surface area (Å²) < 4.78 is 31.6. The molecule has 2 aromatic heterocycles. The van der Waals surface area contributed by atoms with Gasteiger partial charge in [0.1, 0.15) is 34.3 Å². The molecule has 0 saturated carbocycles. The molecule has 20 heteroatoms. The van der Waals surface area contributed by atoms with Crippen molar-refractivity contribution in [1.29, 1.82) is 2.67 Å². The number of aryl methyl sites for hydroxylation is 2. The van der Waals surface area contributed by atoms with Crippen LogP contribution in [0.2, 0.25) is 0 Å². The number of hydrogen-bond acceptors (Lipinski definition) is 13. The largest absolute Gasteiger partial charge is 0.481 e. The van der Waals surface area contributed by atoms with Gasteiger partial charge in [-0.05, 0) is 131 Å². The number of nitrogens with zero attached hydrogens (tertiary/aromatic N) is 4. The fraction of sp³-hybridized carbons (Fsp3) is 0.636. The third-order valence-corrected chi connectivity index (χ3v) is 8.16. The van der Waals surface area contributed by atoms with Gasteiger partial charge in [-0.15, -0.1) is 11.6 Å². The van der Waals surface area contributed by atoms with Crippen molar-refractivity contribution in [1.82, 2.24) is 21.4 Å². The van der Waals surface area contributed by atoms with Crippen LogP contribution in [0.4, 0.5) is 21.2 Å². The summed E-state index contributed by atoms with van der Waals surface area (Å²) >= 11 is 5.65. The molecule has 0 bridgehead atoms. The van der Waals surface area contributed by atoms with Crippen molar-refractivity contribution in [3.8, 4) is 0 Å². The van der Waals surface area contributed by atoms with E-state index in [4.69, 9.17) is 33.6 Å². The maximum absolute atomic E-state index is 12.7. The minimum atomic E-state index is -0.892. The Morgan fingerprint density at radius 2 is 1.16 bits per heavy atom. The van der Waals surface area contributed by atoms with Gasteiger partial charge < -0.3 is 35.5 Å². The number of nitrogens with one attached hydrogen (secondary N) is 1. The normalized spacial score (nSPS) is 11.7. The molecular formula is C44H75BClN6O11U. The molecule has 2 heterocycles. The quantitative estimate of drug-likeness (QED) is 0.0597. The van der Waals surface area contributed by atoms with E-state index >= 15 is 0 Å². The Hall–Kier alpha value is -3.91. The molecule has 2 atom stereocenters. The first-order chi connectivity index (χ1) is 29.6. The van der Waals surface area contributed by atoms with Crippen LogP contribution in [0, 0.1) is 56.8 Å². The molecule has 1 radical (unpaired) electrons. The number of pyridine rings is 2. The molecule has 0 aliphatic heterocycles. The molecule has 0 aliphatic carbocycles. The number of rotatable bonds is 17. The number of aromatic nitrogens is 2. The zero-order chi connectivity index (χ0) is 49.8. The van der Waals surface area contributed by atoms with E-state index in [0.717, 1.165) is 11.1 Å². The Labute approximate surface area is 414 Å². The fourth-order valence-electron chi connectivity index (χ4n) is 5.09. The van der Waals surface area contributed by atoms with Gasteiger partial charge in [0.25, 0.3) is 0 Å². The van der Waals surface area contributed by atoms with Crippen LogP contribution in [-0.2, 0) is 38.1 Å². The van der Waals surface area contributed by atoms with Crippen LogP contribution in [0.5, 0.6) is 0 Å². The van der Waals surface area contributed by atoms with Crippen LogP contribution in [0.25, 0.3) is 0 Å². The number of aliphatic carboxylic acids is 1. The minimum Gasteiger partial charge on any atom is -0.481 e. The summed E-state index contributed by atoms with van der Waals surface area (Å²) in [4.78, 5) is 81.7. The number of halogens is 1. The molecule has 2 aromatic rings. The van der Waals surface area contributed by atoms with E-state index in [-0.39, 0.29) is 81.0 Å². The van der Waals surface area contributed by atoms with Crippen molar-refractivity contribution in [2.24, 2.45) is 11.8 Å². The van der Waals surface area contributed by atoms with Gasteiger partial charge in [-0.25, -0.2) is 24.4 Å².